The zero-order valence-electron chi connectivity index (χ0n) is 12.7. The molecule has 5 nitrogen and oxygen atoms in total. The van der Waals surface area contributed by atoms with Crippen LogP contribution in [-0.4, -0.2) is 41.0 Å². The lowest BCUT2D eigenvalue weighted by atomic mass is 9.76. The summed E-state index contributed by atoms with van der Waals surface area (Å²) < 4.78 is 0. The summed E-state index contributed by atoms with van der Waals surface area (Å²) in [5.41, 5.74) is 4.80. The zero-order valence-corrected chi connectivity index (χ0v) is 12.7. The largest absolute Gasteiger partial charge is 0.481 e. The third-order valence-electron chi connectivity index (χ3n) is 5.64. The first-order valence-corrected chi connectivity index (χ1v) is 7.52. The number of nitrogens with zero attached hydrogens (tertiary/aromatic N) is 1. The van der Waals surface area contributed by atoms with Crippen LogP contribution in [-0.2, 0) is 9.59 Å². The lowest BCUT2D eigenvalue weighted by molar-refractivity contribution is -0.152. The Morgan fingerprint density at radius 1 is 1.35 bits per heavy atom. The van der Waals surface area contributed by atoms with Crippen LogP contribution >= 0.6 is 0 Å². The molecule has 1 saturated carbocycles. The Labute approximate surface area is 120 Å². The van der Waals surface area contributed by atoms with Crippen LogP contribution < -0.4 is 5.73 Å². The molecule has 2 fully saturated rings. The molecular formula is C15H26N2O3. The van der Waals surface area contributed by atoms with E-state index in [-0.39, 0.29) is 17.9 Å². The number of amides is 1. The molecule has 3 atom stereocenters. The summed E-state index contributed by atoms with van der Waals surface area (Å²) in [5, 5.41) is 9.55. The van der Waals surface area contributed by atoms with Gasteiger partial charge in [0.15, 0.2) is 0 Å². The van der Waals surface area contributed by atoms with Gasteiger partial charge in [-0.1, -0.05) is 20.3 Å². The fourth-order valence-corrected chi connectivity index (χ4v) is 3.72. The average Bonchev–Trinajstić information content (AvgIpc) is 2.95. The van der Waals surface area contributed by atoms with Crippen molar-refractivity contribution in [3.8, 4) is 0 Å². The van der Waals surface area contributed by atoms with Crippen molar-refractivity contribution >= 4 is 11.9 Å². The summed E-state index contributed by atoms with van der Waals surface area (Å²) in [5.74, 6) is -0.724. The quantitative estimate of drug-likeness (QED) is 0.821. The minimum atomic E-state index is -0.797. The molecule has 0 aromatic carbocycles. The van der Waals surface area contributed by atoms with Crippen LogP contribution in [0.15, 0.2) is 0 Å². The number of aliphatic carboxylic acids is 1. The fourth-order valence-electron chi connectivity index (χ4n) is 3.72. The van der Waals surface area contributed by atoms with E-state index in [4.69, 9.17) is 5.73 Å². The number of carbonyl (C=O) groups excluding carboxylic acids is 1. The Morgan fingerprint density at radius 3 is 2.40 bits per heavy atom. The standard InChI is InChI=1S/C15H26N2O3/c1-10(2)15(13(19)20)7-8-17(9-15)12(18)14(3)6-4-5-11(14)16/h10-11H,4-9,16H2,1-3H3,(H,19,20). The van der Waals surface area contributed by atoms with Gasteiger partial charge in [0.25, 0.3) is 0 Å². The first-order valence-electron chi connectivity index (χ1n) is 7.52. The van der Waals surface area contributed by atoms with Crippen LogP contribution in [0.2, 0.25) is 0 Å². The molecule has 2 rings (SSSR count). The van der Waals surface area contributed by atoms with Gasteiger partial charge in [0.2, 0.25) is 5.91 Å². The van der Waals surface area contributed by atoms with Crippen LogP contribution in [0.25, 0.3) is 0 Å². The van der Waals surface area contributed by atoms with E-state index in [1.807, 2.05) is 20.8 Å². The first kappa shape index (κ1) is 15.3. The highest BCUT2D eigenvalue weighted by molar-refractivity contribution is 5.85. The van der Waals surface area contributed by atoms with Gasteiger partial charge in [-0.05, 0) is 32.1 Å². The van der Waals surface area contributed by atoms with E-state index in [9.17, 15) is 14.7 Å². The molecule has 1 heterocycles. The van der Waals surface area contributed by atoms with E-state index in [0.717, 1.165) is 19.3 Å². The van der Waals surface area contributed by atoms with E-state index in [1.165, 1.54) is 0 Å². The van der Waals surface area contributed by atoms with Gasteiger partial charge < -0.3 is 15.7 Å². The van der Waals surface area contributed by atoms with E-state index >= 15 is 0 Å². The summed E-state index contributed by atoms with van der Waals surface area (Å²) >= 11 is 0. The molecule has 0 bridgehead atoms. The molecule has 1 aliphatic carbocycles. The topological polar surface area (TPSA) is 83.6 Å². The maximum Gasteiger partial charge on any atom is 0.311 e. The molecule has 2 aliphatic rings. The molecule has 114 valence electrons. The molecule has 0 aromatic rings. The molecule has 5 heteroatoms. The summed E-state index contributed by atoms with van der Waals surface area (Å²) in [6.07, 6.45) is 3.21. The minimum absolute atomic E-state index is 0.0165. The Hall–Kier alpha value is -1.10. The van der Waals surface area contributed by atoms with Crippen LogP contribution in [0.3, 0.4) is 0 Å². The van der Waals surface area contributed by atoms with Gasteiger partial charge in [0.1, 0.15) is 0 Å². The molecule has 3 N–H and O–H groups in total. The van der Waals surface area contributed by atoms with Crippen molar-refractivity contribution in [2.75, 3.05) is 13.1 Å². The fraction of sp³-hybridized carbons (Fsp3) is 0.867. The van der Waals surface area contributed by atoms with E-state index < -0.39 is 16.8 Å². The molecule has 20 heavy (non-hydrogen) atoms. The van der Waals surface area contributed by atoms with Crippen molar-refractivity contribution in [1.82, 2.24) is 4.90 Å². The number of nitrogens with two attached hydrogens (primary N) is 1. The predicted molar refractivity (Wildman–Crippen MR) is 76.0 cm³/mol. The van der Waals surface area contributed by atoms with E-state index in [0.29, 0.717) is 19.5 Å². The smallest absolute Gasteiger partial charge is 0.311 e. The van der Waals surface area contributed by atoms with Crippen molar-refractivity contribution in [2.24, 2.45) is 22.5 Å². The van der Waals surface area contributed by atoms with Gasteiger partial charge >= 0.3 is 5.97 Å². The minimum Gasteiger partial charge on any atom is -0.481 e. The van der Waals surface area contributed by atoms with Crippen LogP contribution in [0.5, 0.6) is 0 Å². The van der Waals surface area contributed by atoms with Crippen molar-refractivity contribution < 1.29 is 14.7 Å². The monoisotopic (exact) mass is 282 g/mol. The highest BCUT2D eigenvalue weighted by Crippen LogP contribution is 2.43. The molecular weight excluding hydrogens is 256 g/mol. The lowest BCUT2D eigenvalue weighted by Gasteiger charge is -2.34. The molecule has 1 amide bonds. The Balaban J connectivity index is 2.17. The SMILES string of the molecule is CC(C)C1(C(=O)O)CCN(C(=O)C2(C)CCCC2N)C1. The summed E-state index contributed by atoms with van der Waals surface area (Å²) in [6.45, 7) is 6.63. The Morgan fingerprint density at radius 2 is 2.00 bits per heavy atom. The summed E-state index contributed by atoms with van der Waals surface area (Å²) in [6, 6.07) is -0.103. The zero-order chi connectivity index (χ0) is 15.1. The van der Waals surface area contributed by atoms with Gasteiger partial charge in [-0.25, -0.2) is 0 Å². The number of hydrogen-bond donors (Lipinski definition) is 2. The number of hydrogen-bond acceptors (Lipinski definition) is 3. The highest BCUT2D eigenvalue weighted by atomic mass is 16.4. The van der Waals surface area contributed by atoms with Crippen LogP contribution in [0, 0.1) is 16.7 Å². The number of carbonyl (C=O) groups is 2. The van der Waals surface area contributed by atoms with Crippen molar-refractivity contribution in [3.05, 3.63) is 0 Å². The van der Waals surface area contributed by atoms with Gasteiger partial charge in [0.05, 0.1) is 10.8 Å². The second-order valence-corrected chi connectivity index (χ2v) is 7.01. The molecule has 0 spiro atoms. The number of carboxylic acids is 1. The van der Waals surface area contributed by atoms with Crippen molar-refractivity contribution in [2.45, 2.75) is 52.5 Å². The average molecular weight is 282 g/mol. The predicted octanol–water partition coefficient (Wildman–Crippen LogP) is 1.46. The molecule has 0 aromatic heterocycles. The van der Waals surface area contributed by atoms with Crippen molar-refractivity contribution in [1.29, 1.82) is 0 Å². The molecule has 1 saturated heterocycles. The van der Waals surface area contributed by atoms with Gasteiger partial charge in [0, 0.05) is 19.1 Å². The van der Waals surface area contributed by atoms with Gasteiger partial charge in [-0.15, -0.1) is 0 Å². The highest BCUT2D eigenvalue weighted by Gasteiger charge is 2.52. The number of carboxylic acid groups (broad SMARTS) is 1. The van der Waals surface area contributed by atoms with Crippen LogP contribution in [0.1, 0.15) is 46.5 Å². The molecule has 1 aliphatic heterocycles. The Bertz CT molecular complexity index is 423. The lowest BCUT2D eigenvalue weighted by Crippen LogP contribution is -2.50. The third-order valence-corrected chi connectivity index (χ3v) is 5.64. The first-order chi connectivity index (χ1) is 9.24. The van der Waals surface area contributed by atoms with E-state index in [1.54, 1.807) is 4.90 Å². The van der Waals surface area contributed by atoms with Gasteiger partial charge in [-0.2, -0.15) is 0 Å². The van der Waals surface area contributed by atoms with E-state index in [2.05, 4.69) is 0 Å². The third kappa shape index (κ3) is 2.12. The summed E-state index contributed by atoms with van der Waals surface area (Å²) in [4.78, 5) is 26.1. The number of likely N-dealkylation sites (tertiary alicyclic amines) is 1. The normalized spacial score (nSPS) is 37.6. The van der Waals surface area contributed by atoms with Crippen molar-refractivity contribution in [3.63, 3.8) is 0 Å². The second-order valence-electron chi connectivity index (χ2n) is 7.01. The van der Waals surface area contributed by atoms with Gasteiger partial charge in [-0.3, -0.25) is 9.59 Å². The number of rotatable bonds is 3. The molecule has 3 unspecified atom stereocenters. The maximum atomic E-state index is 12.8. The Kier molecular flexibility index (Phi) is 3.84. The second kappa shape index (κ2) is 5.02. The van der Waals surface area contributed by atoms with Crippen LogP contribution in [0.4, 0.5) is 0 Å². The summed E-state index contributed by atoms with van der Waals surface area (Å²) in [7, 11) is 0. The maximum absolute atomic E-state index is 12.8. The molecule has 0 radical (unpaired) electrons.